The van der Waals surface area contributed by atoms with Crippen LogP contribution < -0.4 is 4.72 Å². The van der Waals surface area contributed by atoms with Crippen LogP contribution in [0.2, 0.25) is 0 Å². The molecule has 0 spiro atoms. The smallest absolute Gasteiger partial charge is 0.333 e. The summed E-state index contributed by atoms with van der Waals surface area (Å²) in [6.07, 6.45) is 0.885. The molecule has 3 N–H and O–H groups in total. The molecule has 0 aromatic carbocycles. The molecule has 8 nitrogen and oxygen atoms in total. The maximum absolute atomic E-state index is 11.6. The van der Waals surface area contributed by atoms with Crippen LogP contribution in [-0.2, 0) is 21.4 Å². The zero-order valence-corrected chi connectivity index (χ0v) is 9.88. The van der Waals surface area contributed by atoms with Crippen LogP contribution in [-0.4, -0.2) is 46.8 Å². The zero-order valence-electron chi connectivity index (χ0n) is 9.07. The Morgan fingerprint density at radius 2 is 2.29 bits per heavy atom. The number of carboxylic acids is 1. The van der Waals surface area contributed by atoms with E-state index >= 15 is 0 Å². The van der Waals surface area contributed by atoms with Crippen molar-refractivity contribution in [3.63, 3.8) is 0 Å². The average molecular weight is 263 g/mol. The fourth-order valence-corrected chi connectivity index (χ4v) is 1.99. The molecule has 0 amide bonds. The molecule has 0 saturated carbocycles. The van der Waals surface area contributed by atoms with Gasteiger partial charge in [0.25, 0.3) is 10.0 Å². The predicted octanol–water partition coefficient (Wildman–Crippen LogP) is -1.37. The van der Waals surface area contributed by atoms with Crippen LogP contribution in [0.1, 0.15) is 6.92 Å². The van der Waals surface area contributed by atoms with Gasteiger partial charge >= 0.3 is 5.97 Å². The van der Waals surface area contributed by atoms with Crippen LogP contribution in [0, 0.1) is 0 Å². The number of hydrogen-bond donors (Lipinski definition) is 3. The van der Waals surface area contributed by atoms with E-state index in [4.69, 9.17) is 10.2 Å². The first-order valence-electron chi connectivity index (χ1n) is 4.79. The molecule has 1 rings (SSSR count). The number of hydrogen-bond acceptors (Lipinski definition) is 5. The summed E-state index contributed by atoms with van der Waals surface area (Å²) in [6.45, 7) is 1.79. The minimum Gasteiger partial charge on any atom is -0.479 e. The van der Waals surface area contributed by atoms with Crippen LogP contribution in [0.3, 0.4) is 0 Å². The zero-order chi connectivity index (χ0) is 13.1. The molecule has 0 aliphatic heterocycles. The van der Waals surface area contributed by atoms with Crippen molar-refractivity contribution < 1.29 is 23.4 Å². The highest BCUT2D eigenvalue weighted by atomic mass is 32.2. The van der Waals surface area contributed by atoms with E-state index in [2.05, 4.69) is 4.98 Å². The molecule has 1 aromatic rings. The van der Waals surface area contributed by atoms with Crippen molar-refractivity contribution >= 4 is 16.0 Å². The highest BCUT2D eigenvalue weighted by Gasteiger charge is 2.21. The Bertz CT molecular complexity index is 495. The Kier molecular flexibility index (Phi) is 4.21. The van der Waals surface area contributed by atoms with Gasteiger partial charge in [-0.25, -0.2) is 22.9 Å². The summed E-state index contributed by atoms with van der Waals surface area (Å²) in [7, 11) is -3.88. The Balaban J connectivity index is 2.72. The summed E-state index contributed by atoms with van der Waals surface area (Å²) in [6, 6.07) is 0. The van der Waals surface area contributed by atoms with Gasteiger partial charge in [-0.05, 0) is 6.92 Å². The van der Waals surface area contributed by atoms with E-state index in [9.17, 15) is 13.2 Å². The van der Waals surface area contributed by atoms with Crippen molar-refractivity contribution in [1.29, 1.82) is 0 Å². The summed E-state index contributed by atoms with van der Waals surface area (Å²) in [5, 5.41) is 17.1. The Morgan fingerprint density at radius 1 is 1.65 bits per heavy atom. The standard InChI is InChI=1S/C8H13N3O5S/c1-2-11-4-7(9-5-11)17(15,16)10-3-6(12)8(13)14/h4-6,10,12H,2-3H2,1H3,(H,13,14). The number of nitrogens with one attached hydrogen (secondary N) is 1. The number of aryl methyl sites for hydroxylation is 1. The molecule has 0 aliphatic rings. The molecule has 1 heterocycles. The van der Waals surface area contributed by atoms with Crippen LogP contribution in [0.4, 0.5) is 0 Å². The van der Waals surface area contributed by atoms with Gasteiger partial charge in [-0.2, -0.15) is 0 Å². The van der Waals surface area contributed by atoms with E-state index in [1.54, 1.807) is 4.57 Å². The fourth-order valence-electron chi connectivity index (χ4n) is 1.00. The van der Waals surface area contributed by atoms with Crippen molar-refractivity contribution in [2.24, 2.45) is 0 Å². The number of sulfonamides is 1. The van der Waals surface area contributed by atoms with Crippen molar-refractivity contribution in [1.82, 2.24) is 14.3 Å². The third-order valence-electron chi connectivity index (χ3n) is 2.00. The van der Waals surface area contributed by atoms with Gasteiger partial charge in [-0.1, -0.05) is 0 Å². The average Bonchev–Trinajstić information content (AvgIpc) is 2.75. The highest BCUT2D eigenvalue weighted by molar-refractivity contribution is 7.89. The summed E-state index contributed by atoms with van der Waals surface area (Å²) in [4.78, 5) is 14.0. The predicted molar refractivity (Wildman–Crippen MR) is 56.7 cm³/mol. The lowest BCUT2D eigenvalue weighted by atomic mass is 10.4. The van der Waals surface area contributed by atoms with Crippen LogP contribution in [0.25, 0.3) is 0 Å². The second-order valence-electron chi connectivity index (χ2n) is 3.25. The van der Waals surface area contributed by atoms with E-state index < -0.39 is 28.6 Å². The van der Waals surface area contributed by atoms with Gasteiger partial charge in [-0.15, -0.1) is 0 Å². The number of imidazole rings is 1. The first-order chi connectivity index (χ1) is 7.86. The summed E-state index contributed by atoms with van der Waals surface area (Å²) in [5.41, 5.74) is 0. The van der Waals surface area contributed by atoms with E-state index in [0.29, 0.717) is 6.54 Å². The number of nitrogens with zero attached hydrogens (tertiary/aromatic N) is 2. The molecule has 9 heteroatoms. The van der Waals surface area contributed by atoms with Gasteiger partial charge in [0.1, 0.15) is 0 Å². The number of aliphatic carboxylic acids is 1. The maximum Gasteiger partial charge on any atom is 0.333 e. The first-order valence-corrected chi connectivity index (χ1v) is 6.27. The lowest BCUT2D eigenvalue weighted by Crippen LogP contribution is -2.36. The lowest BCUT2D eigenvalue weighted by molar-refractivity contribution is -0.146. The minimum absolute atomic E-state index is 0.211. The number of carbonyl (C=O) groups is 1. The normalized spacial score (nSPS) is 13.5. The van der Waals surface area contributed by atoms with Gasteiger partial charge in [-0.3, -0.25) is 0 Å². The third-order valence-corrected chi connectivity index (χ3v) is 3.31. The van der Waals surface area contributed by atoms with Crippen LogP contribution in [0.5, 0.6) is 0 Å². The van der Waals surface area contributed by atoms with Crippen molar-refractivity contribution in [3.05, 3.63) is 12.5 Å². The van der Waals surface area contributed by atoms with Crippen molar-refractivity contribution in [3.8, 4) is 0 Å². The summed E-state index contributed by atoms with van der Waals surface area (Å²) < 4.78 is 26.7. The van der Waals surface area contributed by atoms with Gasteiger partial charge in [0, 0.05) is 19.3 Å². The monoisotopic (exact) mass is 263 g/mol. The molecule has 1 unspecified atom stereocenters. The van der Waals surface area contributed by atoms with Crippen molar-refractivity contribution in [2.75, 3.05) is 6.54 Å². The van der Waals surface area contributed by atoms with Crippen LogP contribution >= 0.6 is 0 Å². The SMILES string of the molecule is CCn1cnc(S(=O)(=O)NCC(O)C(=O)O)c1. The molecular formula is C8H13N3O5S. The number of aliphatic hydroxyl groups excluding tert-OH is 1. The molecule has 0 radical (unpaired) electrons. The quantitative estimate of drug-likeness (QED) is 0.582. The molecule has 1 aromatic heterocycles. The number of aromatic nitrogens is 2. The highest BCUT2D eigenvalue weighted by Crippen LogP contribution is 2.04. The summed E-state index contributed by atoms with van der Waals surface area (Å²) >= 11 is 0. The molecule has 96 valence electrons. The van der Waals surface area contributed by atoms with Gasteiger partial charge in [0.2, 0.25) is 0 Å². The Morgan fingerprint density at radius 3 is 2.76 bits per heavy atom. The number of rotatable bonds is 6. The van der Waals surface area contributed by atoms with Gasteiger partial charge < -0.3 is 14.8 Å². The fraction of sp³-hybridized carbons (Fsp3) is 0.500. The maximum atomic E-state index is 11.6. The number of carboxylic acid groups (broad SMARTS) is 1. The Labute approximate surface area is 98.0 Å². The van der Waals surface area contributed by atoms with E-state index in [1.165, 1.54) is 12.5 Å². The molecule has 0 bridgehead atoms. The largest absolute Gasteiger partial charge is 0.479 e. The van der Waals surface area contributed by atoms with Gasteiger partial charge in [0.05, 0.1) is 6.33 Å². The van der Waals surface area contributed by atoms with Crippen LogP contribution in [0.15, 0.2) is 17.6 Å². The first kappa shape index (κ1) is 13.6. The lowest BCUT2D eigenvalue weighted by Gasteiger charge is -2.06. The second-order valence-corrected chi connectivity index (χ2v) is 4.96. The molecule has 0 saturated heterocycles. The number of aliphatic hydroxyl groups is 1. The molecule has 0 aliphatic carbocycles. The molecule has 0 fully saturated rings. The third kappa shape index (κ3) is 3.51. The van der Waals surface area contributed by atoms with E-state index in [1.807, 2.05) is 11.6 Å². The second kappa shape index (κ2) is 5.25. The minimum atomic E-state index is -3.88. The van der Waals surface area contributed by atoms with Crippen molar-refractivity contribution in [2.45, 2.75) is 24.6 Å². The van der Waals surface area contributed by atoms with E-state index in [-0.39, 0.29) is 5.03 Å². The molecule has 1 atom stereocenters. The summed E-state index contributed by atoms with van der Waals surface area (Å²) in [5.74, 6) is -1.49. The Hall–Kier alpha value is -1.45. The molecule has 17 heavy (non-hydrogen) atoms. The van der Waals surface area contributed by atoms with Gasteiger partial charge in [0.15, 0.2) is 11.1 Å². The van der Waals surface area contributed by atoms with E-state index in [0.717, 1.165) is 0 Å². The molecular weight excluding hydrogens is 250 g/mol. The topological polar surface area (TPSA) is 122 Å².